The second-order valence-corrected chi connectivity index (χ2v) is 5.61. The van der Waals surface area contributed by atoms with E-state index in [9.17, 15) is 13.5 Å². The van der Waals surface area contributed by atoms with Crippen LogP contribution in [0.15, 0.2) is 30.3 Å². The van der Waals surface area contributed by atoms with E-state index in [0.29, 0.717) is 19.6 Å². The van der Waals surface area contributed by atoms with E-state index in [2.05, 4.69) is 4.18 Å². The Kier molecular flexibility index (Phi) is 6.28. The molecule has 1 aromatic carbocycles. The van der Waals surface area contributed by atoms with Gasteiger partial charge in [0.1, 0.15) is 0 Å². The second-order valence-electron chi connectivity index (χ2n) is 3.97. The molecule has 1 N–H and O–H groups in total. The second kappa shape index (κ2) is 7.48. The number of hydrogen-bond donors (Lipinski definition) is 1. The van der Waals surface area contributed by atoms with E-state index >= 15 is 0 Å². The fourth-order valence-corrected chi connectivity index (χ4v) is 1.67. The van der Waals surface area contributed by atoms with Crippen molar-refractivity contribution < 1.29 is 22.4 Å². The van der Waals surface area contributed by atoms with Crippen LogP contribution >= 0.6 is 0 Å². The molecule has 0 aromatic heterocycles. The number of hydrogen-bond acceptors (Lipinski definition) is 5. The van der Waals surface area contributed by atoms with Gasteiger partial charge in [0.2, 0.25) is 0 Å². The first-order valence-electron chi connectivity index (χ1n) is 5.61. The van der Waals surface area contributed by atoms with Gasteiger partial charge in [0.15, 0.2) is 0 Å². The van der Waals surface area contributed by atoms with Crippen molar-refractivity contribution in [2.75, 3.05) is 19.5 Å². The monoisotopic (exact) mass is 274 g/mol. The topological polar surface area (TPSA) is 72.8 Å². The molecular formula is C12H18O5S. The lowest BCUT2D eigenvalue weighted by Gasteiger charge is -2.10. The van der Waals surface area contributed by atoms with Crippen molar-refractivity contribution in [1.82, 2.24) is 0 Å². The van der Waals surface area contributed by atoms with Crippen LogP contribution in [-0.4, -0.2) is 39.1 Å². The molecule has 18 heavy (non-hydrogen) atoms. The highest BCUT2D eigenvalue weighted by molar-refractivity contribution is 7.85. The summed E-state index contributed by atoms with van der Waals surface area (Å²) in [6.07, 6.45) is 0.448. The molecule has 0 bridgehead atoms. The maximum atomic E-state index is 10.7. The predicted molar refractivity (Wildman–Crippen MR) is 67.5 cm³/mol. The zero-order valence-electron chi connectivity index (χ0n) is 10.3. The van der Waals surface area contributed by atoms with Crippen molar-refractivity contribution in [2.24, 2.45) is 0 Å². The molecule has 1 aromatic rings. The Morgan fingerprint density at radius 3 is 2.56 bits per heavy atom. The number of benzene rings is 1. The fourth-order valence-electron chi connectivity index (χ4n) is 1.27. The van der Waals surface area contributed by atoms with Crippen LogP contribution in [0, 0.1) is 0 Å². The highest BCUT2D eigenvalue weighted by Crippen LogP contribution is 2.02. The predicted octanol–water partition coefficient (Wildman–Crippen LogP) is 0.930. The van der Waals surface area contributed by atoms with Gasteiger partial charge in [-0.05, 0) is 12.0 Å². The quantitative estimate of drug-likeness (QED) is 0.564. The lowest BCUT2D eigenvalue weighted by molar-refractivity contribution is 0.0513. The minimum Gasteiger partial charge on any atom is -0.391 e. The molecule has 102 valence electrons. The van der Waals surface area contributed by atoms with E-state index in [1.807, 2.05) is 30.3 Å². The minimum absolute atomic E-state index is 0.229. The smallest absolute Gasteiger partial charge is 0.264 e. The van der Waals surface area contributed by atoms with Gasteiger partial charge < -0.3 is 9.84 Å². The molecule has 1 atom stereocenters. The number of rotatable bonds is 8. The Morgan fingerprint density at radius 2 is 1.94 bits per heavy atom. The average molecular weight is 274 g/mol. The fraction of sp³-hybridized carbons (Fsp3) is 0.500. The van der Waals surface area contributed by atoms with E-state index < -0.39 is 16.2 Å². The van der Waals surface area contributed by atoms with E-state index in [1.54, 1.807) is 0 Å². The maximum Gasteiger partial charge on any atom is 0.264 e. The van der Waals surface area contributed by atoms with Crippen LogP contribution in [0.5, 0.6) is 0 Å². The number of ether oxygens (including phenoxy) is 1. The Labute approximate surface area is 107 Å². The molecule has 0 heterocycles. The molecule has 5 nitrogen and oxygen atoms in total. The van der Waals surface area contributed by atoms with Crippen LogP contribution in [0.2, 0.25) is 0 Å². The van der Waals surface area contributed by atoms with Gasteiger partial charge in [-0.1, -0.05) is 30.3 Å². The molecule has 0 spiro atoms. The Balaban J connectivity index is 2.11. The van der Waals surface area contributed by atoms with E-state index in [1.165, 1.54) is 0 Å². The Morgan fingerprint density at radius 1 is 1.28 bits per heavy atom. The molecule has 6 heteroatoms. The van der Waals surface area contributed by atoms with Gasteiger partial charge in [-0.25, -0.2) is 0 Å². The van der Waals surface area contributed by atoms with Crippen LogP contribution in [0.3, 0.4) is 0 Å². The molecule has 0 amide bonds. The first kappa shape index (κ1) is 15.1. The zero-order valence-corrected chi connectivity index (χ0v) is 11.1. The molecule has 0 unspecified atom stereocenters. The Bertz CT molecular complexity index is 429. The van der Waals surface area contributed by atoms with Gasteiger partial charge in [0, 0.05) is 6.61 Å². The zero-order chi connectivity index (χ0) is 13.4. The van der Waals surface area contributed by atoms with Gasteiger partial charge in [0.05, 0.1) is 25.6 Å². The van der Waals surface area contributed by atoms with E-state index in [-0.39, 0.29) is 6.61 Å². The van der Waals surface area contributed by atoms with Crippen molar-refractivity contribution in [3.63, 3.8) is 0 Å². The summed E-state index contributed by atoms with van der Waals surface area (Å²) >= 11 is 0. The summed E-state index contributed by atoms with van der Waals surface area (Å²) in [7, 11) is -3.49. The molecule has 0 saturated heterocycles. The summed E-state index contributed by atoms with van der Waals surface area (Å²) in [6.45, 7) is 0.594. The third-order valence-electron chi connectivity index (χ3n) is 2.18. The normalized spacial score (nSPS) is 13.4. The largest absolute Gasteiger partial charge is 0.391 e. The summed E-state index contributed by atoms with van der Waals surface area (Å²) in [5, 5.41) is 9.44. The SMILES string of the molecule is CS(=O)(=O)OC[C@@H](O)CCOCc1ccccc1. The average Bonchev–Trinajstić information content (AvgIpc) is 2.33. The van der Waals surface area contributed by atoms with Crippen LogP contribution in [0.1, 0.15) is 12.0 Å². The molecule has 0 fully saturated rings. The lowest BCUT2D eigenvalue weighted by Crippen LogP contribution is -2.19. The van der Waals surface area contributed by atoms with Gasteiger partial charge in [-0.2, -0.15) is 8.42 Å². The summed E-state index contributed by atoms with van der Waals surface area (Å²) in [5.74, 6) is 0. The van der Waals surface area contributed by atoms with Crippen molar-refractivity contribution in [2.45, 2.75) is 19.1 Å². The van der Waals surface area contributed by atoms with Crippen molar-refractivity contribution >= 4 is 10.1 Å². The van der Waals surface area contributed by atoms with Gasteiger partial charge in [-0.3, -0.25) is 4.18 Å². The summed E-state index contributed by atoms with van der Waals surface area (Å²) in [4.78, 5) is 0. The maximum absolute atomic E-state index is 10.7. The molecule has 0 saturated carbocycles. The van der Waals surface area contributed by atoms with E-state index in [0.717, 1.165) is 11.8 Å². The summed E-state index contributed by atoms with van der Waals surface area (Å²) in [5.41, 5.74) is 1.05. The van der Waals surface area contributed by atoms with Gasteiger partial charge in [0.25, 0.3) is 10.1 Å². The molecule has 0 aliphatic rings. The third-order valence-corrected chi connectivity index (χ3v) is 2.75. The standard InChI is InChI=1S/C12H18O5S/c1-18(14,15)17-10-12(13)7-8-16-9-11-5-3-2-4-6-11/h2-6,12-13H,7-10H2,1H3/t12-/m0/s1. The highest BCUT2D eigenvalue weighted by atomic mass is 32.2. The minimum atomic E-state index is -3.49. The molecule has 0 aliphatic carbocycles. The summed E-state index contributed by atoms with van der Waals surface area (Å²) in [6, 6.07) is 9.67. The molecule has 0 radical (unpaired) electrons. The summed E-state index contributed by atoms with van der Waals surface area (Å²) < 4.78 is 31.2. The van der Waals surface area contributed by atoms with Gasteiger partial charge in [-0.15, -0.1) is 0 Å². The van der Waals surface area contributed by atoms with Crippen molar-refractivity contribution in [1.29, 1.82) is 0 Å². The lowest BCUT2D eigenvalue weighted by atomic mass is 10.2. The van der Waals surface area contributed by atoms with Crippen LogP contribution in [0.4, 0.5) is 0 Å². The van der Waals surface area contributed by atoms with Crippen molar-refractivity contribution in [3.8, 4) is 0 Å². The highest BCUT2D eigenvalue weighted by Gasteiger charge is 2.09. The molecule has 1 rings (SSSR count). The van der Waals surface area contributed by atoms with Crippen LogP contribution in [-0.2, 0) is 25.6 Å². The molecular weight excluding hydrogens is 256 g/mol. The Hall–Kier alpha value is -0.950. The third kappa shape index (κ3) is 7.39. The number of aliphatic hydroxyl groups excluding tert-OH is 1. The van der Waals surface area contributed by atoms with Crippen LogP contribution < -0.4 is 0 Å². The van der Waals surface area contributed by atoms with Crippen molar-refractivity contribution in [3.05, 3.63) is 35.9 Å². The van der Waals surface area contributed by atoms with Crippen LogP contribution in [0.25, 0.3) is 0 Å². The molecule has 0 aliphatic heterocycles. The van der Waals surface area contributed by atoms with Gasteiger partial charge >= 0.3 is 0 Å². The number of aliphatic hydroxyl groups is 1. The first-order valence-corrected chi connectivity index (χ1v) is 7.43. The first-order chi connectivity index (χ1) is 8.47. The van der Waals surface area contributed by atoms with E-state index in [4.69, 9.17) is 4.74 Å².